The summed E-state index contributed by atoms with van der Waals surface area (Å²) in [7, 11) is 0. The molecule has 21 heavy (non-hydrogen) atoms. The first-order valence-electron chi connectivity index (χ1n) is 6.65. The zero-order chi connectivity index (χ0) is 15.1. The van der Waals surface area contributed by atoms with E-state index >= 15 is 0 Å². The molecule has 0 fully saturated rings. The molecule has 0 heterocycles. The highest BCUT2D eigenvalue weighted by molar-refractivity contribution is 6.31. The molecule has 3 N–H and O–H groups in total. The van der Waals surface area contributed by atoms with E-state index in [1.165, 1.54) is 5.56 Å². The number of benzene rings is 2. The molecule has 0 amide bonds. The van der Waals surface area contributed by atoms with Crippen LogP contribution in [0.25, 0.3) is 0 Å². The lowest BCUT2D eigenvalue weighted by molar-refractivity contribution is 0.307. The second-order valence-corrected chi connectivity index (χ2v) is 5.00. The molecule has 0 spiro atoms. The Morgan fingerprint density at radius 3 is 2.67 bits per heavy atom. The second-order valence-electron chi connectivity index (χ2n) is 4.56. The molecular formula is C16H17ClN2O2. The van der Waals surface area contributed by atoms with Crippen LogP contribution in [-0.4, -0.2) is 17.6 Å². The summed E-state index contributed by atoms with van der Waals surface area (Å²) in [6.07, 6.45) is 1.82. The predicted molar refractivity (Wildman–Crippen MR) is 84.2 cm³/mol. The van der Waals surface area contributed by atoms with Crippen molar-refractivity contribution in [3.63, 3.8) is 0 Å². The molecule has 5 heteroatoms. The van der Waals surface area contributed by atoms with Gasteiger partial charge in [0.2, 0.25) is 0 Å². The maximum absolute atomic E-state index is 8.79. The molecule has 0 bridgehead atoms. The normalized spacial score (nSPS) is 11.4. The van der Waals surface area contributed by atoms with Crippen LogP contribution in [0.3, 0.4) is 0 Å². The number of hydrogen-bond acceptors (Lipinski definition) is 3. The summed E-state index contributed by atoms with van der Waals surface area (Å²) in [5, 5.41) is 12.3. The maximum Gasteiger partial charge on any atom is 0.173 e. The molecule has 0 saturated carbocycles. The minimum Gasteiger partial charge on any atom is -0.493 e. The van der Waals surface area contributed by atoms with Crippen LogP contribution >= 0.6 is 11.6 Å². The fourth-order valence-corrected chi connectivity index (χ4v) is 2.16. The molecule has 110 valence electrons. The van der Waals surface area contributed by atoms with E-state index in [0.717, 1.165) is 12.8 Å². The fourth-order valence-electron chi connectivity index (χ4n) is 1.99. The number of halogens is 1. The molecular weight excluding hydrogens is 288 g/mol. The van der Waals surface area contributed by atoms with E-state index in [-0.39, 0.29) is 5.84 Å². The summed E-state index contributed by atoms with van der Waals surface area (Å²) < 4.78 is 5.71. The Balaban J connectivity index is 1.94. The molecule has 2 rings (SSSR count). The molecule has 0 aliphatic carbocycles. The lowest BCUT2D eigenvalue weighted by atomic mass is 10.1. The number of hydrogen-bond donors (Lipinski definition) is 2. The van der Waals surface area contributed by atoms with Gasteiger partial charge in [-0.2, -0.15) is 0 Å². The Morgan fingerprint density at radius 2 is 1.95 bits per heavy atom. The van der Waals surface area contributed by atoms with Gasteiger partial charge in [-0.15, -0.1) is 0 Å². The van der Waals surface area contributed by atoms with E-state index < -0.39 is 0 Å². The third-order valence-corrected chi connectivity index (χ3v) is 3.27. The van der Waals surface area contributed by atoms with Crippen LogP contribution in [0.5, 0.6) is 5.75 Å². The zero-order valence-corrected chi connectivity index (χ0v) is 12.3. The molecule has 0 aliphatic rings. The van der Waals surface area contributed by atoms with Crippen LogP contribution < -0.4 is 10.5 Å². The summed E-state index contributed by atoms with van der Waals surface area (Å²) >= 11 is 5.91. The Morgan fingerprint density at radius 1 is 1.19 bits per heavy atom. The number of rotatable bonds is 6. The summed E-state index contributed by atoms with van der Waals surface area (Å²) in [5.41, 5.74) is 7.38. The smallest absolute Gasteiger partial charge is 0.173 e. The van der Waals surface area contributed by atoms with Crippen molar-refractivity contribution in [2.24, 2.45) is 10.9 Å². The quantitative estimate of drug-likeness (QED) is 0.282. The average molecular weight is 305 g/mol. The lowest BCUT2D eigenvalue weighted by Gasteiger charge is -2.11. The maximum atomic E-state index is 8.79. The lowest BCUT2D eigenvalue weighted by Crippen LogP contribution is -2.15. The van der Waals surface area contributed by atoms with Crippen molar-refractivity contribution in [1.82, 2.24) is 0 Å². The van der Waals surface area contributed by atoms with Gasteiger partial charge in [-0.3, -0.25) is 0 Å². The Bertz CT molecular complexity index is 615. The topological polar surface area (TPSA) is 67.8 Å². The largest absolute Gasteiger partial charge is 0.493 e. The van der Waals surface area contributed by atoms with Crippen molar-refractivity contribution in [2.45, 2.75) is 12.8 Å². The van der Waals surface area contributed by atoms with Crippen molar-refractivity contribution in [3.05, 3.63) is 64.7 Å². The van der Waals surface area contributed by atoms with Gasteiger partial charge in [0, 0.05) is 5.02 Å². The van der Waals surface area contributed by atoms with Crippen LogP contribution in [0.2, 0.25) is 5.02 Å². The van der Waals surface area contributed by atoms with Gasteiger partial charge in [0.15, 0.2) is 5.84 Å². The average Bonchev–Trinajstić information content (AvgIpc) is 2.53. The zero-order valence-electron chi connectivity index (χ0n) is 11.5. The predicted octanol–water partition coefficient (Wildman–Crippen LogP) is 3.45. The van der Waals surface area contributed by atoms with E-state index in [9.17, 15) is 0 Å². The van der Waals surface area contributed by atoms with Crippen molar-refractivity contribution >= 4 is 17.4 Å². The molecule has 4 nitrogen and oxygen atoms in total. The molecule has 0 atom stereocenters. The Kier molecular flexibility index (Phi) is 5.46. The highest BCUT2D eigenvalue weighted by Gasteiger charge is 2.09. The Hall–Kier alpha value is -2.20. The molecule has 2 aromatic carbocycles. The summed E-state index contributed by atoms with van der Waals surface area (Å²) in [6.45, 7) is 0.544. The first-order chi connectivity index (χ1) is 10.2. The fraction of sp³-hybridized carbons (Fsp3) is 0.188. The highest BCUT2D eigenvalue weighted by Crippen LogP contribution is 2.23. The Labute approximate surface area is 128 Å². The molecule has 2 aromatic rings. The highest BCUT2D eigenvalue weighted by atomic mass is 35.5. The van der Waals surface area contributed by atoms with Gasteiger partial charge in [-0.25, -0.2) is 0 Å². The third kappa shape index (κ3) is 4.39. The van der Waals surface area contributed by atoms with Crippen LogP contribution in [0.15, 0.2) is 53.7 Å². The SMILES string of the molecule is NC(=NO)c1cc(Cl)ccc1OCCCc1ccccc1. The summed E-state index contributed by atoms with van der Waals surface area (Å²) in [5.74, 6) is 0.540. The van der Waals surface area contributed by atoms with E-state index in [1.807, 2.05) is 18.2 Å². The number of nitrogens with two attached hydrogens (primary N) is 1. The molecule has 0 radical (unpaired) electrons. The van der Waals surface area contributed by atoms with E-state index in [0.29, 0.717) is 22.9 Å². The minimum absolute atomic E-state index is 0.0180. The molecule has 0 aliphatic heterocycles. The standard InChI is InChI=1S/C16H17ClN2O2/c17-13-8-9-15(14(11-13)16(18)19-20)21-10-4-7-12-5-2-1-3-6-12/h1-3,5-6,8-9,11,20H,4,7,10H2,(H2,18,19). The first kappa shape index (κ1) is 15.2. The number of amidine groups is 1. The van der Waals surface area contributed by atoms with E-state index in [4.69, 9.17) is 27.3 Å². The molecule has 0 unspecified atom stereocenters. The summed E-state index contributed by atoms with van der Waals surface area (Å²) in [4.78, 5) is 0. The van der Waals surface area contributed by atoms with Crippen molar-refractivity contribution in [1.29, 1.82) is 0 Å². The van der Waals surface area contributed by atoms with Crippen LogP contribution in [-0.2, 0) is 6.42 Å². The van der Waals surface area contributed by atoms with Crippen LogP contribution in [0, 0.1) is 0 Å². The van der Waals surface area contributed by atoms with Crippen molar-refractivity contribution in [3.8, 4) is 5.75 Å². The van der Waals surface area contributed by atoms with Gasteiger partial charge < -0.3 is 15.7 Å². The third-order valence-electron chi connectivity index (χ3n) is 3.04. The van der Waals surface area contributed by atoms with Crippen LogP contribution in [0.1, 0.15) is 17.5 Å². The van der Waals surface area contributed by atoms with Gasteiger partial charge in [-0.05, 0) is 36.6 Å². The van der Waals surface area contributed by atoms with Gasteiger partial charge in [0.05, 0.1) is 12.2 Å². The molecule has 0 saturated heterocycles. The minimum atomic E-state index is -0.0180. The van der Waals surface area contributed by atoms with E-state index in [1.54, 1.807) is 18.2 Å². The van der Waals surface area contributed by atoms with Gasteiger partial charge >= 0.3 is 0 Å². The van der Waals surface area contributed by atoms with Gasteiger partial charge in [0.25, 0.3) is 0 Å². The van der Waals surface area contributed by atoms with Crippen molar-refractivity contribution < 1.29 is 9.94 Å². The van der Waals surface area contributed by atoms with Crippen LogP contribution in [0.4, 0.5) is 0 Å². The van der Waals surface area contributed by atoms with Gasteiger partial charge in [-0.1, -0.05) is 47.1 Å². The van der Waals surface area contributed by atoms with Crippen molar-refractivity contribution in [2.75, 3.05) is 6.61 Å². The van der Waals surface area contributed by atoms with Gasteiger partial charge in [0.1, 0.15) is 5.75 Å². The number of aryl methyl sites for hydroxylation is 1. The number of nitrogens with zero attached hydrogens (tertiary/aromatic N) is 1. The van der Waals surface area contributed by atoms with E-state index in [2.05, 4.69) is 17.3 Å². The number of oxime groups is 1. The number of ether oxygens (including phenoxy) is 1. The molecule has 0 aromatic heterocycles. The second kappa shape index (κ2) is 7.55. The summed E-state index contributed by atoms with van der Waals surface area (Å²) in [6, 6.07) is 15.3. The monoisotopic (exact) mass is 304 g/mol. The first-order valence-corrected chi connectivity index (χ1v) is 7.02.